The van der Waals surface area contributed by atoms with Crippen LogP contribution in [0.3, 0.4) is 0 Å². The van der Waals surface area contributed by atoms with E-state index in [9.17, 15) is 8.78 Å². The van der Waals surface area contributed by atoms with Crippen molar-refractivity contribution in [3.63, 3.8) is 0 Å². The van der Waals surface area contributed by atoms with E-state index in [1.165, 1.54) is 0 Å². The second kappa shape index (κ2) is 1.80. The summed E-state index contributed by atoms with van der Waals surface area (Å²) in [4.78, 5) is 0. The monoisotopic (exact) mass is 130 g/mol. The molecule has 0 rings (SSSR count). The molecule has 4 heteroatoms. The van der Waals surface area contributed by atoms with Gasteiger partial charge in [-0.25, -0.2) is 0 Å². The second-order valence-corrected chi connectivity index (χ2v) is 1.40. The molecular weight excluding hydrogens is 130 g/mol. The molecule has 0 aromatic rings. The SMILES string of the molecule is FC(F)(Cl)C=S. The zero-order chi connectivity index (χ0) is 5.21. The zero-order valence-corrected chi connectivity index (χ0v) is 4.19. The minimum Gasteiger partial charge on any atom is -0.183 e. The maximum absolute atomic E-state index is 11.1. The standard InChI is InChI=1S/C2HClF2S/c3-2(4,5)1-6/h1H. The predicted molar refractivity (Wildman–Crippen MR) is 24.5 cm³/mol. The van der Waals surface area contributed by atoms with E-state index in [0.717, 1.165) is 0 Å². The Hall–Kier alpha value is 0.240. The van der Waals surface area contributed by atoms with Gasteiger partial charge in [-0.05, 0) is 11.6 Å². The molecular formula is C2HClF2S. The fraction of sp³-hybridized carbons (Fsp3) is 0.500. The fourth-order valence-corrected chi connectivity index (χ4v) is 0. The lowest BCUT2D eigenvalue weighted by atomic mass is 10.8. The van der Waals surface area contributed by atoms with E-state index in [-0.39, 0.29) is 5.37 Å². The van der Waals surface area contributed by atoms with Crippen LogP contribution in [0.4, 0.5) is 8.78 Å². The van der Waals surface area contributed by atoms with Crippen molar-refractivity contribution in [2.45, 2.75) is 5.38 Å². The average molecular weight is 131 g/mol. The highest BCUT2D eigenvalue weighted by Gasteiger charge is 2.18. The van der Waals surface area contributed by atoms with Gasteiger partial charge in [-0.3, -0.25) is 0 Å². The molecule has 0 fully saturated rings. The highest BCUT2D eigenvalue weighted by Crippen LogP contribution is 2.14. The highest BCUT2D eigenvalue weighted by atomic mass is 35.5. The van der Waals surface area contributed by atoms with Crippen molar-refractivity contribution in [2.24, 2.45) is 0 Å². The quantitative estimate of drug-likeness (QED) is 0.385. The van der Waals surface area contributed by atoms with E-state index in [4.69, 9.17) is 0 Å². The van der Waals surface area contributed by atoms with Crippen LogP contribution < -0.4 is 0 Å². The van der Waals surface area contributed by atoms with Crippen LogP contribution in [0.15, 0.2) is 0 Å². The predicted octanol–water partition coefficient (Wildman–Crippen LogP) is 1.82. The number of hydrogen-bond donors (Lipinski definition) is 0. The third kappa shape index (κ3) is 4.24. The first-order valence-electron chi connectivity index (χ1n) is 1.09. The topological polar surface area (TPSA) is 0 Å². The molecule has 6 heavy (non-hydrogen) atoms. The van der Waals surface area contributed by atoms with Crippen LogP contribution in [0.2, 0.25) is 0 Å². The van der Waals surface area contributed by atoms with Gasteiger partial charge < -0.3 is 0 Å². The molecule has 0 bridgehead atoms. The molecule has 0 N–H and O–H groups in total. The smallest absolute Gasteiger partial charge is 0.183 e. The molecule has 0 nitrogen and oxygen atoms in total. The van der Waals surface area contributed by atoms with Crippen molar-refractivity contribution < 1.29 is 8.78 Å². The van der Waals surface area contributed by atoms with Crippen LogP contribution >= 0.6 is 23.8 Å². The largest absolute Gasteiger partial charge is 0.351 e. The first kappa shape index (κ1) is 6.24. The third-order valence-electron chi connectivity index (χ3n) is 0.134. The Kier molecular flexibility index (Phi) is 1.87. The molecule has 0 aromatic carbocycles. The van der Waals surface area contributed by atoms with Crippen molar-refractivity contribution in [1.82, 2.24) is 0 Å². The van der Waals surface area contributed by atoms with Gasteiger partial charge in [0.1, 0.15) is 0 Å². The summed E-state index contributed by atoms with van der Waals surface area (Å²) in [5.74, 6) is 0. The minimum atomic E-state index is -3.30. The molecule has 0 spiro atoms. The van der Waals surface area contributed by atoms with Gasteiger partial charge >= 0.3 is 5.38 Å². The fourth-order valence-electron chi connectivity index (χ4n) is 0. The lowest BCUT2D eigenvalue weighted by molar-refractivity contribution is 0.184. The van der Waals surface area contributed by atoms with Gasteiger partial charge in [0, 0.05) is 0 Å². The summed E-state index contributed by atoms with van der Waals surface area (Å²) in [7, 11) is 0. The molecule has 0 aliphatic carbocycles. The zero-order valence-electron chi connectivity index (χ0n) is 2.62. The summed E-state index contributed by atoms with van der Waals surface area (Å²) < 4.78 is 22.1. The second-order valence-electron chi connectivity index (χ2n) is 0.659. The van der Waals surface area contributed by atoms with Crippen molar-refractivity contribution in [2.75, 3.05) is 0 Å². The minimum absolute atomic E-state index is 0.203. The number of thiocarbonyl (C=S) groups is 1. The van der Waals surface area contributed by atoms with Gasteiger partial charge in [-0.2, -0.15) is 8.78 Å². The van der Waals surface area contributed by atoms with Gasteiger partial charge in [0.05, 0.1) is 5.37 Å². The van der Waals surface area contributed by atoms with Gasteiger partial charge in [-0.15, -0.1) is 0 Å². The maximum Gasteiger partial charge on any atom is 0.351 e. The van der Waals surface area contributed by atoms with Crippen LogP contribution in [-0.2, 0) is 0 Å². The summed E-state index contributed by atoms with van der Waals surface area (Å²) in [6.07, 6.45) is 0. The molecule has 0 heterocycles. The Bertz CT molecular complexity index is 57.1. The Labute approximate surface area is 44.1 Å². The van der Waals surface area contributed by atoms with E-state index in [1.54, 1.807) is 0 Å². The Morgan fingerprint density at radius 2 is 1.83 bits per heavy atom. The number of halogens is 3. The summed E-state index contributed by atoms with van der Waals surface area (Å²) in [5.41, 5.74) is 0. The van der Waals surface area contributed by atoms with Gasteiger partial charge in [0.15, 0.2) is 0 Å². The lowest BCUT2D eigenvalue weighted by Crippen LogP contribution is -2.03. The van der Waals surface area contributed by atoms with Crippen LogP contribution in [0.1, 0.15) is 0 Å². The van der Waals surface area contributed by atoms with Crippen molar-refractivity contribution in [3.8, 4) is 0 Å². The normalized spacial score (nSPS) is 11.2. The first-order valence-corrected chi connectivity index (χ1v) is 1.94. The maximum atomic E-state index is 11.1. The summed E-state index contributed by atoms with van der Waals surface area (Å²) >= 11 is 8.01. The first-order chi connectivity index (χ1) is 2.56. The Morgan fingerprint density at radius 3 is 1.83 bits per heavy atom. The van der Waals surface area contributed by atoms with E-state index < -0.39 is 5.38 Å². The van der Waals surface area contributed by atoms with Crippen LogP contribution in [0, 0.1) is 0 Å². The van der Waals surface area contributed by atoms with E-state index in [0.29, 0.717) is 0 Å². The highest BCUT2D eigenvalue weighted by molar-refractivity contribution is 7.79. The molecule has 0 unspecified atom stereocenters. The lowest BCUT2D eigenvalue weighted by Gasteiger charge is -1.92. The Morgan fingerprint density at radius 1 is 1.67 bits per heavy atom. The average Bonchev–Trinajstić information content (AvgIpc) is 1.35. The molecule has 0 saturated carbocycles. The van der Waals surface area contributed by atoms with Crippen molar-refractivity contribution in [1.29, 1.82) is 0 Å². The molecule has 0 atom stereocenters. The van der Waals surface area contributed by atoms with E-state index in [2.05, 4.69) is 23.8 Å². The molecule has 0 saturated heterocycles. The molecule has 36 valence electrons. The van der Waals surface area contributed by atoms with Gasteiger partial charge in [0.2, 0.25) is 0 Å². The Balaban J connectivity index is 3.45. The summed E-state index contributed by atoms with van der Waals surface area (Å²) in [6.45, 7) is 0. The van der Waals surface area contributed by atoms with Gasteiger partial charge in [-0.1, -0.05) is 12.2 Å². The number of rotatable bonds is 1. The van der Waals surface area contributed by atoms with Crippen LogP contribution in [0.5, 0.6) is 0 Å². The molecule has 0 aliphatic heterocycles. The molecule has 0 radical (unpaired) electrons. The summed E-state index contributed by atoms with van der Waals surface area (Å²) in [5, 5.41) is -3.09. The van der Waals surface area contributed by atoms with Gasteiger partial charge in [0.25, 0.3) is 0 Å². The third-order valence-corrected chi connectivity index (χ3v) is 0.668. The van der Waals surface area contributed by atoms with Crippen molar-refractivity contribution in [3.05, 3.63) is 0 Å². The van der Waals surface area contributed by atoms with E-state index >= 15 is 0 Å². The molecule has 0 aromatic heterocycles. The number of alkyl halides is 3. The molecule has 0 amide bonds. The molecule has 0 aliphatic rings. The van der Waals surface area contributed by atoms with Crippen LogP contribution in [0.25, 0.3) is 0 Å². The number of hydrogen-bond acceptors (Lipinski definition) is 1. The van der Waals surface area contributed by atoms with Crippen molar-refractivity contribution >= 4 is 29.2 Å². The van der Waals surface area contributed by atoms with E-state index in [1.807, 2.05) is 0 Å². The van der Waals surface area contributed by atoms with Crippen LogP contribution in [-0.4, -0.2) is 10.7 Å². The summed E-state index contributed by atoms with van der Waals surface area (Å²) in [6, 6.07) is 0.